The summed E-state index contributed by atoms with van der Waals surface area (Å²) >= 11 is 0. The largest absolute Gasteiger partial charge is 0.438 e. The number of imidazole rings is 1. The number of nitrogens with one attached hydrogen (secondary N) is 2. The molecule has 0 atom stereocenters. The number of urea groups is 1. The molecule has 2 aromatic carbocycles. The smallest absolute Gasteiger partial charge is 0.323 e. The molecule has 0 saturated carbocycles. The Bertz CT molecular complexity index is 1180. The molecule has 0 bridgehead atoms. The number of nitrogens with zero attached hydrogens (tertiary/aromatic N) is 4. The van der Waals surface area contributed by atoms with Crippen molar-refractivity contribution in [3.05, 3.63) is 83.9 Å². The van der Waals surface area contributed by atoms with E-state index in [0.29, 0.717) is 23.1 Å². The normalized spacial score (nSPS) is 10.5. The Balaban J connectivity index is 1.35. The third-order valence-electron chi connectivity index (χ3n) is 4.51. The minimum atomic E-state index is -0.310. The van der Waals surface area contributed by atoms with E-state index in [0.717, 1.165) is 22.6 Å². The van der Waals surface area contributed by atoms with Gasteiger partial charge >= 0.3 is 6.03 Å². The van der Waals surface area contributed by atoms with Crippen LogP contribution in [0.4, 0.5) is 16.2 Å². The van der Waals surface area contributed by atoms with Crippen LogP contribution in [0.1, 0.15) is 17.0 Å². The van der Waals surface area contributed by atoms with Gasteiger partial charge in [-0.25, -0.2) is 9.78 Å². The molecule has 8 nitrogen and oxygen atoms in total. The van der Waals surface area contributed by atoms with E-state index in [4.69, 9.17) is 4.74 Å². The number of hydrogen-bond donors (Lipinski definition) is 2. The van der Waals surface area contributed by atoms with Crippen molar-refractivity contribution in [1.29, 1.82) is 0 Å². The third kappa shape index (κ3) is 5.05. The molecule has 31 heavy (non-hydrogen) atoms. The van der Waals surface area contributed by atoms with Crippen molar-refractivity contribution < 1.29 is 9.53 Å². The van der Waals surface area contributed by atoms with Crippen molar-refractivity contribution >= 4 is 17.4 Å². The molecule has 0 aliphatic rings. The van der Waals surface area contributed by atoms with Gasteiger partial charge in [0.15, 0.2) is 5.82 Å². The van der Waals surface area contributed by atoms with E-state index in [-0.39, 0.29) is 6.03 Å². The van der Waals surface area contributed by atoms with Gasteiger partial charge in [-0.15, -0.1) is 10.2 Å². The first-order valence-corrected chi connectivity index (χ1v) is 9.74. The lowest BCUT2D eigenvalue weighted by molar-refractivity contribution is 0.262. The van der Waals surface area contributed by atoms with Crippen LogP contribution in [0.3, 0.4) is 0 Å². The number of carbonyl (C=O) groups is 1. The van der Waals surface area contributed by atoms with Gasteiger partial charge in [0.2, 0.25) is 5.88 Å². The maximum atomic E-state index is 12.3. The molecule has 2 aromatic heterocycles. The lowest BCUT2D eigenvalue weighted by atomic mass is 10.1. The molecule has 0 radical (unpaired) electrons. The summed E-state index contributed by atoms with van der Waals surface area (Å²) in [6.07, 6.45) is 3.53. The van der Waals surface area contributed by atoms with Gasteiger partial charge in [0.1, 0.15) is 11.6 Å². The van der Waals surface area contributed by atoms with Gasteiger partial charge in [-0.2, -0.15) is 0 Å². The molecule has 4 rings (SSSR count). The van der Waals surface area contributed by atoms with Crippen molar-refractivity contribution in [2.45, 2.75) is 20.8 Å². The average Bonchev–Trinajstić information content (AvgIpc) is 3.15. The SMILES string of the molecule is Cc1cc(C)cc(NC(=O)Nc2ccc(Oc3ccc(-n4ccnc4C)nn3)cc2)c1. The molecule has 0 spiro atoms. The summed E-state index contributed by atoms with van der Waals surface area (Å²) in [6.45, 7) is 5.88. The third-order valence-corrected chi connectivity index (χ3v) is 4.51. The highest BCUT2D eigenvalue weighted by Crippen LogP contribution is 2.22. The molecule has 0 aliphatic heterocycles. The first-order valence-electron chi connectivity index (χ1n) is 9.74. The fourth-order valence-corrected chi connectivity index (χ4v) is 3.18. The lowest BCUT2D eigenvalue weighted by Gasteiger charge is -2.10. The van der Waals surface area contributed by atoms with Crippen molar-refractivity contribution in [3.8, 4) is 17.4 Å². The second kappa shape index (κ2) is 8.66. The van der Waals surface area contributed by atoms with E-state index in [1.54, 1.807) is 36.5 Å². The quantitative estimate of drug-likeness (QED) is 0.478. The Morgan fingerprint density at radius 2 is 1.58 bits per heavy atom. The van der Waals surface area contributed by atoms with Crippen LogP contribution in [0.25, 0.3) is 5.82 Å². The monoisotopic (exact) mass is 414 g/mol. The van der Waals surface area contributed by atoms with Gasteiger partial charge in [-0.3, -0.25) is 4.57 Å². The highest BCUT2D eigenvalue weighted by molar-refractivity contribution is 5.99. The van der Waals surface area contributed by atoms with Crippen molar-refractivity contribution in [2.24, 2.45) is 0 Å². The van der Waals surface area contributed by atoms with E-state index in [9.17, 15) is 4.79 Å². The molecule has 0 aliphatic carbocycles. The van der Waals surface area contributed by atoms with Crippen molar-refractivity contribution in [3.63, 3.8) is 0 Å². The Labute approximate surface area is 179 Å². The molecule has 0 saturated heterocycles. The summed E-state index contributed by atoms with van der Waals surface area (Å²) in [7, 11) is 0. The number of rotatable bonds is 5. The summed E-state index contributed by atoms with van der Waals surface area (Å²) in [5, 5.41) is 13.9. The number of ether oxygens (including phenoxy) is 1. The van der Waals surface area contributed by atoms with Gasteiger partial charge in [-0.1, -0.05) is 6.07 Å². The number of aromatic nitrogens is 4. The van der Waals surface area contributed by atoms with E-state index in [1.807, 2.05) is 49.7 Å². The van der Waals surface area contributed by atoms with Crippen LogP contribution >= 0.6 is 0 Å². The molecule has 0 fully saturated rings. The summed E-state index contributed by atoms with van der Waals surface area (Å²) in [6, 6.07) is 16.2. The summed E-state index contributed by atoms with van der Waals surface area (Å²) in [5.41, 5.74) is 3.58. The van der Waals surface area contributed by atoms with E-state index in [1.165, 1.54) is 0 Å². The van der Waals surface area contributed by atoms with Gasteiger partial charge in [0, 0.05) is 29.8 Å². The minimum Gasteiger partial charge on any atom is -0.438 e. The van der Waals surface area contributed by atoms with E-state index < -0.39 is 0 Å². The molecule has 2 amide bonds. The highest BCUT2D eigenvalue weighted by Gasteiger charge is 2.07. The van der Waals surface area contributed by atoms with Gasteiger partial charge in [0.25, 0.3) is 0 Å². The molecule has 0 unspecified atom stereocenters. The summed E-state index contributed by atoms with van der Waals surface area (Å²) in [5.74, 6) is 2.44. The molecule has 8 heteroatoms. The second-order valence-corrected chi connectivity index (χ2v) is 7.16. The number of hydrogen-bond acceptors (Lipinski definition) is 5. The fourth-order valence-electron chi connectivity index (χ4n) is 3.18. The van der Waals surface area contributed by atoms with Crippen LogP contribution in [0.15, 0.2) is 67.0 Å². The molecule has 156 valence electrons. The zero-order chi connectivity index (χ0) is 21.8. The number of amides is 2. The van der Waals surface area contributed by atoms with Gasteiger partial charge < -0.3 is 15.4 Å². The first kappa shape index (κ1) is 20.1. The lowest BCUT2D eigenvalue weighted by Crippen LogP contribution is -2.19. The van der Waals surface area contributed by atoms with Gasteiger partial charge in [-0.05, 0) is 74.4 Å². The minimum absolute atomic E-state index is 0.310. The molecule has 2 heterocycles. The molecule has 2 N–H and O–H groups in total. The average molecular weight is 414 g/mol. The van der Waals surface area contributed by atoms with E-state index >= 15 is 0 Å². The number of benzene rings is 2. The van der Waals surface area contributed by atoms with E-state index in [2.05, 4.69) is 31.9 Å². The van der Waals surface area contributed by atoms with Gasteiger partial charge in [0.05, 0.1) is 0 Å². The van der Waals surface area contributed by atoms with Crippen molar-refractivity contribution in [2.75, 3.05) is 10.6 Å². The zero-order valence-electron chi connectivity index (χ0n) is 17.5. The first-order chi connectivity index (χ1) is 15.0. The Morgan fingerprint density at radius 3 is 2.19 bits per heavy atom. The molecular weight excluding hydrogens is 392 g/mol. The van der Waals surface area contributed by atoms with Crippen molar-refractivity contribution in [1.82, 2.24) is 19.7 Å². The Kier molecular flexibility index (Phi) is 5.61. The number of anilines is 2. The maximum absolute atomic E-state index is 12.3. The standard InChI is InChI=1S/C23H22N6O2/c1-15-12-16(2)14-19(13-15)26-23(30)25-18-4-6-20(7-5-18)31-22-9-8-21(27-28-22)29-11-10-24-17(29)3/h4-14H,1-3H3,(H2,25,26,30). The summed E-state index contributed by atoms with van der Waals surface area (Å²) in [4.78, 5) is 16.4. The van der Waals surface area contributed by atoms with Crippen LogP contribution in [0, 0.1) is 20.8 Å². The van der Waals surface area contributed by atoms with Crippen LogP contribution in [0.5, 0.6) is 11.6 Å². The maximum Gasteiger partial charge on any atom is 0.323 e. The van der Waals surface area contributed by atoms with Crippen LogP contribution in [-0.4, -0.2) is 25.8 Å². The fraction of sp³-hybridized carbons (Fsp3) is 0.130. The molecule has 4 aromatic rings. The Morgan fingerprint density at radius 1 is 0.871 bits per heavy atom. The molecular formula is C23H22N6O2. The van der Waals surface area contributed by atoms with Crippen LogP contribution in [-0.2, 0) is 0 Å². The topological polar surface area (TPSA) is 94.0 Å². The summed E-state index contributed by atoms with van der Waals surface area (Å²) < 4.78 is 7.57. The number of carbonyl (C=O) groups excluding carboxylic acids is 1. The van der Waals surface area contributed by atoms with Crippen LogP contribution < -0.4 is 15.4 Å². The predicted molar refractivity (Wildman–Crippen MR) is 119 cm³/mol. The van der Waals surface area contributed by atoms with Crippen LogP contribution in [0.2, 0.25) is 0 Å². The highest BCUT2D eigenvalue weighted by atomic mass is 16.5. The zero-order valence-corrected chi connectivity index (χ0v) is 17.5. The predicted octanol–water partition coefficient (Wildman–Crippen LogP) is 5.02. The Hall–Kier alpha value is -4.20. The number of aryl methyl sites for hydroxylation is 3. The second-order valence-electron chi connectivity index (χ2n) is 7.16.